The van der Waals surface area contributed by atoms with Gasteiger partial charge in [0.05, 0.1) is 19.3 Å². The standard InChI is InChI=1S/C59H78N4O7/c1-6-35-21-37-13-12-36(35)22-43(64)20-34-9-7-10-39-29-59(30-42(39)32-61-4)17-8-11-51(47(59)16-18-62-58(60)63-31-34)69-53-26-38(14-15-48(53)65)57-50(67)27-46-52(70-57)28-54(68-5)56-45-24-41(19-33(2)3)49(66)25-40(45)23-44(37)55(46)56/h12-15,24-26,28,33-37,39,42-44,47,50-51,57,61,64-67H,6,8-9,11,16-23,27,29-32H2,1-5H3,(H3,60,62,63)/t34-,35-,36+,37+,39-,42+,43-,44+,47-,50+,51+,57-,59-/m0/s1. The van der Waals surface area contributed by atoms with E-state index in [1.54, 1.807) is 13.2 Å². The van der Waals surface area contributed by atoms with Crippen LogP contribution < -0.4 is 30.6 Å². The zero-order valence-electron chi connectivity index (χ0n) is 42.2. The number of guanidine groups is 1. The van der Waals surface area contributed by atoms with Crippen LogP contribution >= 0.6 is 0 Å². The lowest BCUT2D eigenvalue weighted by Crippen LogP contribution is -2.46. The maximum Gasteiger partial charge on any atom is 0.188 e. The van der Waals surface area contributed by atoms with Gasteiger partial charge in [-0.15, -0.1) is 5.92 Å². The Hall–Kier alpha value is -4.89. The van der Waals surface area contributed by atoms with Crippen molar-refractivity contribution in [1.82, 2.24) is 10.6 Å². The van der Waals surface area contributed by atoms with Crippen molar-refractivity contribution in [3.8, 4) is 51.7 Å². The first-order valence-corrected chi connectivity index (χ1v) is 26.8. The SMILES string of the molecule is CC[C@H]1C[C@H]2C=C[C@@H]1C[C@@H](O)C[C@@H]1CC#C[C@H]3C[C@@]4(CCC[C@@H](Oc5cc(ccc5O)[C@@H]5Oc6cc(OC)c7c(c6C[C@H]5O)[C@@H]2Cc2cc(O)c(CC(C)C)cc2-7)[C@@H]4CCNC(N)=NC1)C[C@@H]3CNC. The molecule has 4 aliphatic carbocycles. The summed E-state index contributed by atoms with van der Waals surface area (Å²) in [6.07, 6.45) is 14.0. The molecule has 11 heteroatoms. The lowest BCUT2D eigenvalue weighted by molar-refractivity contribution is -0.0183. The largest absolute Gasteiger partial charge is 0.508 e. The summed E-state index contributed by atoms with van der Waals surface area (Å²) in [6, 6.07) is 11.6. The fourth-order valence-electron chi connectivity index (χ4n) is 14.7. The van der Waals surface area contributed by atoms with E-state index in [1.165, 1.54) is 0 Å². The molecule has 70 heavy (non-hydrogen) atoms. The first-order valence-electron chi connectivity index (χ1n) is 26.8. The summed E-state index contributed by atoms with van der Waals surface area (Å²) in [7, 11) is 3.76. The molecule has 13 atom stereocenters. The molecule has 11 nitrogen and oxygen atoms in total. The van der Waals surface area contributed by atoms with Crippen molar-refractivity contribution in [3.05, 3.63) is 76.4 Å². The third-order valence-corrected chi connectivity index (χ3v) is 17.9. The Kier molecular flexibility index (Phi) is 14.1. The molecule has 17 rings (SSSR count). The van der Waals surface area contributed by atoms with Gasteiger partial charge in [-0.05, 0) is 183 Å². The van der Waals surface area contributed by atoms with Gasteiger partial charge >= 0.3 is 0 Å². The van der Waals surface area contributed by atoms with Gasteiger partial charge in [-0.1, -0.05) is 51.3 Å². The number of nitrogens with zero attached hydrogens (tertiary/aromatic N) is 1. The van der Waals surface area contributed by atoms with Crippen LogP contribution in [0, 0.1) is 64.6 Å². The van der Waals surface area contributed by atoms with Gasteiger partial charge in [0, 0.05) is 55.0 Å². The first-order chi connectivity index (χ1) is 33.8. The summed E-state index contributed by atoms with van der Waals surface area (Å²) < 4.78 is 20.4. The van der Waals surface area contributed by atoms with Crippen molar-refractivity contribution in [2.24, 2.45) is 63.5 Å². The molecule has 10 heterocycles. The number of methoxy groups -OCH3 is 1. The molecule has 0 unspecified atom stereocenters. The van der Waals surface area contributed by atoms with Crippen LogP contribution in [0.1, 0.15) is 131 Å². The van der Waals surface area contributed by atoms with Gasteiger partial charge in [0.2, 0.25) is 0 Å². The summed E-state index contributed by atoms with van der Waals surface area (Å²) in [4.78, 5) is 4.86. The number of fused-ring (bicyclic) bond motifs is 2. The Morgan fingerprint density at radius 1 is 0.971 bits per heavy atom. The Balaban J connectivity index is 1.10. The van der Waals surface area contributed by atoms with E-state index in [2.05, 4.69) is 61.5 Å². The first kappa shape index (κ1) is 48.7. The van der Waals surface area contributed by atoms with Crippen molar-refractivity contribution in [1.29, 1.82) is 0 Å². The minimum atomic E-state index is -0.887. The number of aliphatic hydroxyl groups excluding tert-OH is 2. The maximum absolute atomic E-state index is 12.4. The van der Waals surface area contributed by atoms with Gasteiger partial charge in [-0.3, -0.25) is 4.99 Å². The smallest absolute Gasteiger partial charge is 0.188 e. The highest BCUT2D eigenvalue weighted by Gasteiger charge is 2.53. The van der Waals surface area contributed by atoms with Crippen LogP contribution in [-0.4, -0.2) is 78.5 Å². The van der Waals surface area contributed by atoms with Gasteiger partial charge in [-0.25, -0.2) is 0 Å². The van der Waals surface area contributed by atoms with E-state index in [0.717, 1.165) is 110 Å². The molecular formula is C59H78N4O7. The van der Waals surface area contributed by atoms with Gasteiger partial charge in [-0.2, -0.15) is 0 Å². The lowest BCUT2D eigenvalue weighted by Gasteiger charge is -2.46. The van der Waals surface area contributed by atoms with E-state index in [-0.39, 0.29) is 52.8 Å². The van der Waals surface area contributed by atoms with Crippen LogP contribution in [0.3, 0.4) is 0 Å². The van der Waals surface area contributed by atoms with E-state index < -0.39 is 18.3 Å². The number of rotatable bonds is 6. The minimum Gasteiger partial charge on any atom is -0.508 e. The molecule has 14 aliphatic rings. The van der Waals surface area contributed by atoms with E-state index in [9.17, 15) is 20.4 Å². The molecule has 0 amide bonds. The highest BCUT2D eigenvalue weighted by atomic mass is 16.5. The summed E-state index contributed by atoms with van der Waals surface area (Å²) >= 11 is 0. The third kappa shape index (κ3) is 9.50. The third-order valence-electron chi connectivity index (χ3n) is 17.9. The fraction of sp³-hybridized carbons (Fsp3) is 0.610. The van der Waals surface area contributed by atoms with Crippen molar-refractivity contribution < 1.29 is 34.6 Å². The zero-order valence-corrected chi connectivity index (χ0v) is 42.2. The number of phenols is 2. The van der Waals surface area contributed by atoms with Crippen LogP contribution in [0.25, 0.3) is 11.1 Å². The predicted octanol–water partition coefficient (Wildman–Crippen LogP) is 9.12. The van der Waals surface area contributed by atoms with Crippen LogP contribution in [0.2, 0.25) is 0 Å². The lowest BCUT2D eigenvalue weighted by atomic mass is 9.62. The minimum absolute atomic E-state index is 0.00301. The van der Waals surface area contributed by atoms with Crippen molar-refractivity contribution in [2.45, 2.75) is 141 Å². The molecule has 3 aromatic rings. The number of nitrogens with one attached hydrogen (secondary N) is 2. The topological polar surface area (TPSA) is 171 Å². The number of aromatic hydroxyl groups is 2. The Labute approximate surface area is 416 Å². The van der Waals surface area contributed by atoms with Gasteiger partial charge in [0.15, 0.2) is 17.5 Å². The fourth-order valence-corrected chi connectivity index (χ4v) is 14.7. The number of ether oxygens (including phenoxy) is 3. The number of benzene rings is 3. The average Bonchev–Trinajstić information content (AvgIpc) is 3.67. The second-order valence-corrected chi connectivity index (χ2v) is 22.9. The molecule has 13 bridgehead atoms. The van der Waals surface area contributed by atoms with E-state index in [1.807, 2.05) is 31.3 Å². The van der Waals surface area contributed by atoms with Crippen LogP contribution in [0.15, 0.2) is 53.5 Å². The monoisotopic (exact) mass is 955 g/mol. The number of allylic oxidation sites excluding steroid dienone is 2. The molecule has 1 spiro atoms. The molecule has 8 N–H and O–H groups in total. The van der Waals surface area contributed by atoms with Crippen LogP contribution in [0.5, 0.6) is 28.7 Å². The van der Waals surface area contributed by atoms with E-state index in [4.69, 9.17) is 24.9 Å². The van der Waals surface area contributed by atoms with E-state index in [0.29, 0.717) is 85.5 Å². The second-order valence-electron chi connectivity index (χ2n) is 22.9. The van der Waals surface area contributed by atoms with Crippen molar-refractivity contribution >= 4 is 5.96 Å². The molecule has 376 valence electrons. The van der Waals surface area contributed by atoms with E-state index >= 15 is 0 Å². The molecule has 0 radical (unpaired) electrons. The number of aliphatic imine (C=N–C) groups is 1. The Morgan fingerprint density at radius 2 is 1.81 bits per heavy atom. The summed E-state index contributed by atoms with van der Waals surface area (Å²) in [5.41, 5.74) is 13.6. The Morgan fingerprint density at radius 3 is 2.61 bits per heavy atom. The second kappa shape index (κ2) is 20.3. The predicted molar refractivity (Wildman–Crippen MR) is 275 cm³/mol. The average molecular weight is 955 g/mol. The summed E-state index contributed by atoms with van der Waals surface area (Å²) in [6.45, 7) is 8.65. The normalized spacial score (nSPS) is 33.5. The van der Waals surface area contributed by atoms with Crippen molar-refractivity contribution in [3.63, 3.8) is 0 Å². The molecule has 0 aromatic heterocycles. The number of nitrogens with two attached hydrogens (primary N) is 1. The molecule has 0 saturated heterocycles. The summed E-state index contributed by atoms with van der Waals surface area (Å²) in [5.74, 6) is 12.0. The highest BCUT2D eigenvalue weighted by molar-refractivity contribution is 5.84. The van der Waals surface area contributed by atoms with Crippen molar-refractivity contribution in [2.75, 3.05) is 33.8 Å². The molecule has 3 aromatic carbocycles. The van der Waals surface area contributed by atoms with Crippen LogP contribution in [-0.2, 0) is 19.3 Å². The molecule has 2 saturated carbocycles. The van der Waals surface area contributed by atoms with Crippen LogP contribution in [0.4, 0.5) is 0 Å². The molecule has 2 fully saturated rings. The highest BCUT2D eigenvalue weighted by Crippen LogP contribution is 2.59. The number of hydrogen-bond acceptors (Lipinski definition) is 11. The number of phenolic OH excluding ortho intramolecular Hbond substituents is 2. The van der Waals surface area contributed by atoms with Gasteiger partial charge < -0.3 is 51.0 Å². The molecule has 10 aliphatic heterocycles. The zero-order chi connectivity index (χ0) is 48.8. The quantitative estimate of drug-likeness (QED) is 0.0935. The Bertz CT molecular complexity index is 2530. The van der Waals surface area contributed by atoms with Gasteiger partial charge in [0.1, 0.15) is 29.5 Å². The summed E-state index contributed by atoms with van der Waals surface area (Å²) in [5, 5.41) is 54.4. The maximum atomic E-state index is 12.4. The number of aliphatic hydroxyl groups is 2. The van der Waals surface area contributed by atoms with Gasteiger partial charge in [0.25, 0.3) is 0 Å². The molecular weight excluding hydrogens is 877 g/mol. The number of hydrogen-bond donors (Lipinski definition) is 7.